The number of amidine groups is 1. The second-order valence-corrected chi connectivity index (χ2v) is 7.78. The molecule has 0 spiro atoms. The summed E-state index contributed by atoms with van der Waals surface area (Å²) in [6, 6.07) is 10.9. The van der Waals surface area contributed by atoms with Gasteiger partial charge in [0.05, 0.1) is 5.56 Å². The Hall–Kier alpha value is -4.09. The number of nitrogens with zero attached hydrogens (tertiary/aromatic N) is 2. The normalized spacial score (nSPS) is 14.9. The highest BCUT2D eigenvalue weighted by molar-refractivity contribution is 5.97. The third-order valence-corrected chi connectivity index (χ3v) is 5.53. The molecule has 9 nitrogen and oxygen atoms in total. The second kappa shape index (κ2) is 11.4. The van der Waals surface area contributed by atoms with E-state index < -0.39 is 42.7 Å². The lowest BCUT2D eigenvalue weighted by molar-refractivity contribution is -0.434. The van der Waals surface area contributed by atoms with E-state index in [9.17, 15) is 32.7 Å². The number of alkyl halides is 2. The molecule has 186 valence electrons. The molecule has 3 amide bonds. The molecular weight excluding hydrogens is 469 g/mol. The number of likely N-dealkylation sites (tertiary alicyclic amines) is 1. The van der Waals surface area contributed by atoms with Crippen molar-refractivity contribution in [3.63, 3.8) is 0 Å². The van der Waals surface area contributed by atoms with Crippen molar-refractivity contribution in [3.05, 3.63) is 59.9 Å². The molecule has 2 aromatic rings. The molecule has 3 rings (SSSR count). The van der Waals surface area contributed by atoms with Gasteiger partial charge in [0, 0.05) is 24.7 Å². The molecule has 1 heterocycles. The van der Waals surface area contributed by atoms with Crippen LogP contribution in [0.2, 0.25) is 0 Å². The largest absolute Gasteiger partial charge is 0.505 e. The minimum Gasteiger partial charge on any atom is -0.447 e. The van der Waals surface area contributed by atoms with E-state index >= 15 is 0 Å². The summed E-state index contributed by atoms with van der Waals surface area (Å²) in [6.45, 7) is -3.12. The maximum Gasteiger partial charge on any atom is 0.505 e. The van der Waals surface area contributed by atoms with E-state index in [1.54, 1.807) is 0 Å². The number of anilines is 1. The third-order valence-electron chi connectivity index (χ3n) is 5.53. The Morgan fingerprint density at radius 2 is 1.74 bits per heavy atom. The average Bonchev–Trinajstić information content (AvgIpc) is 2.83. The molecule has 1 aliphatic rings. The van der Waals surface area contributed by atoms with Gasteiger partial charge in [0.1, 0.15) is 11.6 Å². The molecule has 1 fully saturated rings. The van der Waals surface area contributed by atoms with E-state index in [1.807, 2.05) is 0 Å². The molecule has 2 aromatic carbocycles. The molecule has 0 unspecified atom stereocenters. The number of hydrogen-bond acceptors (Lipinski definition) is 4. The Kier molecular flexibility index (Phi) is 8.29. The zero-order valence-corrected chi connectivity index (χ0v) is 18.5. The fourth-order valence-corrected chi connectivity index (χ4v) is 3.66. The Labute approximate surface area is 198 Å². The van der Waals surface area contributed by atoms with Crippen LogP contribution in [0.4, 0.5) is 23.7 Å². The smallest absolute Gasteiger partial charge is 0.447 e. The number of piperidine rings is 1. The number of carboxylic acid groups (broad SMARTS) is 1. The van der Waals surface area contributed by atoms with Gasteiger partial charge in [-0.2, -0.15) is 18.2 Å². The Balaban J connectivity index is 1.57. The lowest BCUT2D eigenvalue weighted by Gasteiger charge is -2.31. The summed E-state index contributed by atoms with van der Waals surface area (Å²) in [5.74, 6) is -2.37. The van der Waals surface area contributed by atoms with Crippen LogP contribution in [0.25, 0.3) is 0 Å². The van der Waals surface area contributed by atoms with Crippen molar-refractivity contribution in [2.24, 2.45) is 11.7 Å². The highest BCUT2D eigenvalue weighted by atomic mass is 19.3. The lowest BCUT2D eigenvalue weighted by atomic mass is 9.95. The summed E-state index contributed by atoms with van der Waals surface area (Å²) < 4.78 is 43.3. The molecule has 0 atom stereocenters. The van der Waals surface area contributed by atoms with Crippen molar-refractivity contribution >= 4 is 29.4 Å². The topological polar surface area (TPSA) is 125 Å². The summed E-state index contributed by atoms with van der Waals surface area (Å²) in [6.07, 6.45) is -0.827. The van der Waals surface area contributed by atoms with Gasteiger partial charge in [-0.3, -0.25) is 15.3 Å². The first kappa shape index (κ1) is 25.5. The van der Waals surface area contributed by atoms with Crippen molar-refractivity contribution in [2.45, 2.75) is 19.5 Å². The van der Waals surface area contributed by atoms with Crippen molar-refractivity contribution in [3.8, 4) is 5.75 Å². The summed E-state index contributed by atoms with van der Waals surface area (Å²) in [5, 5.41) is 12.2. The number of carbonyl (C=O) groups excluding carboxylic acids is 2. The minimum absolute atomic E-state index is 0.0342. The molecule has 0 radical (unpaired) electrons. The van der Waals surface area contributed by atoms with E-state index in [0.717, 1.165) is 6.07 Å². The maximum atomic E-state index is 14.0. The van der Waals surface area contributed by atoms with Gasteiger partial charge in [0.25, 0.3) is 11.7 Å². The SMILES string of the molecule is NC(c1ccccc1F)=[N+](CC(=O)N1CCC(C(=O)Nc2ccc(OC(F)F)cc2)CC1)C(=O)O. The van der Waals surface area contributed by atoms with Crippen LogP contribution in [-0.4, -0.2) is 64.6 Å². The first-order chi connectivity index (χ1) is 16.7. The zero-order chi connectivity index (χ0) is 25.5. The number of halogens is 3. The Morgan fingerprint density at radius 3 is 2.31 bits per heavy atom. The summed E-state index contributed by atoms with van der Waals surface area (Å²) >= 11 is 0. The van der Waals surface area contributed by atoms with E-state index in [4.69, 9.17) is 5.73 Å². The number of carbonyl (C=O) groups is 3. The predicted octanol–water partition coefficient (Wildman–Crippen LogP) is 2.70. The summed E-state index contributed by atoms with van der Waals surface area (Å²) in [4.78, 5) is 38.3. The van der Waals surface area contributed by atoms with Gasteiger partial charge in [-0.1, -0.05) is 12.1 Å². The first-order valence-corrected chi connectivity index (χ1v) is 10.7. The number of hydrogen-bond donors (Lipinski definition) is 3. The number of ether oxygens (including phenoxy) is 1. The zero-order valence-electron chi connectivity index (χ0n) is 18.5. The molecule has 0 bridgehead atoms. The molecule has 1 saturated heterocycles. The van der Waals surface area contributed by atoms with Gasteiger partial charge in [-0.25, -0.2) is 4.39 Å². The lowest BCUT2D eigenvalue weighted by Crippen LogP contribution is -2.46. The molecular formula is C23H24F3N4O5+. The molecule has 0 aromatic heterocycles. The van der Waals surface area contributed by atoms with Crippen molar-refractivity contribution in [2.75, 3.05) is 25.0 Å². The summed E-state index contributed by atoms with van der Waals surface area (Å²) in [7, 11) is 0. The fraction of sp³-hybridized carbons (Fsp3) is 0.304. The van der Waals surface area contributed by atoms with Crippen LogP contribution in [0.15, 0.2) is 48.5 Å². The van der Waals surface area contributed by atoms with Crippen LogP contribution >= 0.6 is 0 Å². The molecule has 1 aliphatic heterocycles. The standard InChI is InChI=1S/C23H23F3N4O5/c24-18-4-2-1-3-17(18)20(27)30(23(33)34)13-19(31)29-11-9-14(10-12-29)21(32)28-15-5-7-16(8-6-15)35-22(25)26/h1-8,14,22,27H,9-13H2,(H2,28,32,33,34)/p+1. The van der Waals surface area contributed by atoms with Gasteiger partial charge in [-0.05, 0) is 49.2 Å². The van der Waals surface area contributed by atoms with Gasteiger partial charge in [-0.15, -0.1) is 0 Å². The van der Waals surface area contributed by atoms with Crippen LogP contribution in [0, 0.1) is 11.7 Å². The van der Waals surface area contributed by atoms with E-state index in [2.05, 4.69) is 10.1 Å². The van der Waals surface area contributed by atoms with E-state index in [-0.39, 0.29) is 30.3 Å². The molecule has 12 heteroatoms. The van der Waals surface area contributed by atoms with Crippen LogP contribution in [0.1, 0.15) is 18.4 Å². The van der Waals surface area contributed by atoms with Crippen molar-refractivity contribution < 1.29 is 42.0 Å². The molecule has 35 heavy (non-hydrogen) atoms. The molecule has 0 aliphatic carbocycles. The number of amides is 3. The predicted molar refractivity (Wildman–Crippen MR) is 119 cm³/mol. The number of nitrogens with two attached hydrogens (primary N) is 1. The Morgan fingerprint density at radius 1 is 1.11 bits per heavy atom. The quantitative estimate of drug-likeness (QED) is 0.310. The van der Waals surface area contributed by atoms with Crippen LogP contribution < -0.4 is 15.8 Å². The van der Waals surface area contributed by atoms with Gasteiger partial charge in [0.15, 0.2) is 6.54 Å². The van der Waals surface area contributed by atoms with Crippen LogP contribution in [-0.2, 0) is 9.59 Å². The average molecular weight is 493 g/mol. The van der Waals surface area contributed by atoms with E-state index in [1.165, 1.54) is 47.4 Å². The highest BCUT2D eigenvalue weighted by Gasteiger charge is 2.31. The number of benzene rings is 2. The van der Waals surface area contributed by atoms with E-state index in [0.29, 0.717) is 23.1 Å². The number of nitrogens with one attached hydrogen (secondary N) is 1. The van der Waals surface area contributed by atoms with Crippen molar-refractivity contribution in [1.82, 2.24) is 4.90 Å². The fourth-order valence-electron chi connectivity index (χ4n) is 3.66. The second-order valence-electron chi connectivity index (χ2n) is 7.78. The Bertz CT molecular complexity index is 1120. The van der Waals surface area contributed by atoms with Gasteiger partial charge >= 0.3 is 12.7 Å². The van der Waals surface area contributed by atoms with Gasteiger partial charge < -0.3 is 20.1 Å². The third kappa shape index (κ3) is 6.71. The number of rotatable bonds is 7. The molecule has 0 saturated carbocycles. The monoisotopic (exact) mass is 493 g/mol. The first-order valence-electron chi connectivity index (χ1n) is 10.7. The van der Waals surface area contributed by atoms with Crippen molar-refractivity contribution in [1.29, 1.82) is 0 Å². The summed E-state index contributed by atoms with van der Waals surface area (Å²) in [5.41, 5.74) is 6.12. The highest BCUT2D eigenvalue weighted by Crippen LogP contribution is 2.22. The minimum atomic E-state index is -2.94. The van der Waals surface area contributed by atoms with Gasteiger partial charge in [0.2, 0.25) is 5.91 Å². The van der Waals surface area contributed by atoms with Crippen LogP contribution in [0.3, 0.4) is 0 Å². The van der Waals surface area contributed by atoms with Crippen LogP contribution in [0.5, 0.6) is 5.75 Å². The maximum absolute atomic E-state index is 14.0. The molecule has 4 N–H and O–H groups in total.